The molecule has 0 radical (unpaired) electrons. The van der Waals surface area contributed by atoms with E-state index >= 15 is 0 Å². The maximum absolute atomic E-state index is 13.3. The predicted molar refractivity (Wildman–Crippen MR) is 98.7 cm³/mol. The van der Waals surface area contributed by atoms with E-state index in [2.05, 4.69) is 10.6 Å². The average Bonchev–Trinajstić information content (AvgIpc) is 3.00. The summed E-state index contributed by atoms with van der Waals surface area (Å²) >= 11 is 0. The molecule has 2 atom stereocenters. The minimum absolute atomic E-state index is 0.128. The van der Waals surface area contributed by atoms with Crippen LogP contribution in [0.25, 0.3) is 0 Å². The number of carbonyl (C=O) groups excluding carboxylic acids is 2. The van der Waals surface area contributed by atoms with Crippen LogP contribution < -0.4 is 15.5 Å². The van der Waals surface area contributed by atoms with Crippen LogP contribution in [0.1, 0.15) is 39.7 Å². The molecule has 1 heterocycles. The van der Waals surface area contributed by atoms with Crippen LogP contribution in [0.3, 0.4) is 0 Å². The Labute approximate surface area is 158 Å². The van der Waals surface area contributed by atoms with Crippen molar-refractivity contribution in [2.24, 2.45) is 0 Å². The number of nitriles is 1. The highest BCUT2D eigenvalue weighted by Crippen LogP contribution is 2.25. The number of alkyl carbamates (subject to hydrolysis) is 1. The monoisotopic (exact) mass is 376 g/mol. The molecule has 0 spiro atoms. The Hall–Kier alpha value is -2.82. The van der Waals surface area contributed by atoms with E-state index in [1.807, 2.05) is 11.0 Å². The van der Waals surface area contributed by atoms with E-state index in [9.17, 15) is 19.2 Å². The molecule has 0 aliphatic carbocycles. The van der Waals surface area contributed by atoms with Crippen LogP contribution >= 0.6 is 0 Å². The fraction of sp³-hybridized carbons (Fsp3) is 0.526. The molecule has 8 heteroatoms. The van der Waals surface area contributed by atoms with Gasteiger partial charge in [0, 0.05) is 19.1 Å². The highest BCUT2D eigenvalue weighted by atomic mass is 19.1. The van der Waals surface area contributed by atoms with Gasteiger partial charge in [-0.1, -0.05) is 0 Å². The maximum atomic E-state index is 13.3. The van der Waals surface area contributed by atoms with Gasteiger partial charge in [0.05, 0.1) is 11.3 Å². The molecule has 27 heavy (non-hydrogen) atoms. The van der Waals surface area contributed by atoms with E-state index in [1.165, 1.54) is 12.1 Å². The summed E-state index contributed by atoms with van der Waals surface area (Å²) in [4.78, 5) is 26.0. The number of nitrogens with one attached hydrogen (secondary N) is 2. The number of amides is 2. The first-order valence-corrected chi connectivity index (χ1v) is 8.83. The van der Waals surface area contributed by atoms with E-state index in [-0.39, 0.29) is 17.5 Å². The molecule has 1 saturated heterocycles. The topological polar surface area (TPSA) is 94.5 Å². The summed E-state index contributed by atoms with van der Waals surface area (Å²) in [6.07, 6.45) is 0.0378. The Morgan fingerprint density at radius 1 is 1.41 bits per heavy atom. The molecule has 2 unspecified atom stereocenters. The van der Waals surface area contributed by atoms with Crippen molar-refractivity contribution in [2.45, 2.75) is 51.8 Å². The fourth-order valence-corrected chi connectivity index (χ4v) is 2.85. The van der Waals surface area contributed by atoms with Crippen LogP contribution in [0.4, 0.5) is 14.9 Å². The normalized spacial score (nSPS) is 17.8. The van der Waals surface area contributed by atoms with Crippen molar-refractivity contribution in [1.29, 1.82) is 5.26 Å². The van der Waals surface area contributed by atoms with Crippen LogP contribution in [-0.2, 0) is 9.53 Å². The van der Waals surface area contributed by atoms with Crippen molar-refractivity contribution < 1.29 is 18.7 Å². The molecule has 0 bridgehead atoms. The van der Waals surface area contributed by atoms with Crippen molar-refractivity contribution in [3.05, 3.63) is 29.6 Å². The molecule has 0 saturated carbocycles. The largest absolute Gasteiger partial charge is 0.444 e. The van der Waals surface area contributed by atoms with Crippen LogP contribution in [0, 0.1) is 17.1 Å². The summed E-state index contributed by atoms with van der Waals surface area (Å²) in [7, 11) is 0. The zero-order valence-electron chi connectivity index (χ0n) is 16.0. The summed E-state index contributed by atoms with van der Waals surface area (Å²) < 4.78 is 18.4. The molecule has 2 rings (SSSR count). The second kappa shape index (κ2) is 8.25. The van der Waals surface area contributed by atoms with Crippen LogP contribution in [0.5, 0.6) is 0 Å². The van der Waals surface area contributed by atoms with Gasteiger partial charge in [-0.05, 0) is 52.3 Å². The first-order valence-electron chi connectivity index (χ1n) is 8.83. The minimum Gasteiger partial charge on any atom is -0.444 e. The van der Waals surface area contributed by atoms with Gasteiger partial charge in [0.15, 0.2) is 0 Å². The number of hydrogen-bond donors (Lipinski definition) is 2. The Bertz CT molecular complexity index is 754. The molecule has 2 N–H and O–H groups in total. The number of anilines is 1. The summed E-state index contributed by atoms with van der Waals surface area (Å²) in [5.74, 6) is -0.770. The molecule has 7 nitrogen and oxygen atoms in total. The lowest BCUT2D eigenvalue weighted by atomic mass is 10.1. The smallest absolute Gasteiger partial charge is 0.408 e. The van der Waals surface area contributed by atoms with Crippen molar-refractivity contribution in [3.63, 3.8) is 0 Å². The van der Waals surface area contributed by atoms with Gasteiger partial charge in [-0.25, -0.2) is 9.18 Å². The third kappa shape index (κ3) is 5.84. The number of carbonyl (C=O) groups is 2. The molecule has 1 aliphatic rings. The molecule has 1 aliphatic heterocycles. The van der Waals surface area contributed by atoms with Crippen LogP contribution in [-0.4, -0.2) is 42.8 Å². The zero-order valence-corrected chi connectivity index (χ0v) is 16.0. The van der Waals surface area contributed by atoms with Crippen molar-refractivity contribution in [2.75, 3.05) is 18.0 Å². The van der Waals surface area contributed by atoms with Crippen LogP contribution in [0.15, 0.2) is 18.2 Å². The molecule has 1 fully saturated rings. The number of halogens is 1. The van der Waals surface area contributed by atoms with E-state index in [0.29, 0.717) is 25.2 Å². The Kier molecular flexibility index (Phi) is 6.26. The average molecular weight is 376 g/mol. The highest BCUT2D eigenvalue weighted by Gasteiger charge is 2.28. The van der Waals surface area contributed by atoms with E-state index in [4.69, 9.17) is 4.74 Å². The number of hydrogen-bond acceptors (Lipinski definition) is 5. The highest BCUT2D eigenvalue weighted by molar-refractivity contribution is 5.85. The number of benzene rings is 1. The third-order valence-corrected chi connectivity index (χ3v) is 4.08. The summed E-state index contributed by atoms with van der Waals surface area (Å²) in [6.45, 7) is 7.96. The molecular weight excluding hydrogens is 351 g/mol. The lowest BCUT2D eigenvalue weighted by Gasteiger charge is -2.23. The number of rotatable bonds is 4. The van der Waals surface area contributed by atoms with Gasteiger partial charge in [0.2, 0.25) is 5.91 Å². The molecule has 1 aromatic carbocycles. The van der Waals surface area contributed by atoms with Gasteiger partial charge >= 0.3 is 6.09 Å². The van der Waals surface area contributed by atoms with Crippen LogP contribution in [0.2, 0.25) is 0 Å². The van der Waals surface area contributed by atoms with Gasteiger partial charge in [-0.3, -0.25) is 4.79 Å². The predicted octanol–water partition coefficient (Wildman–Crippen LogP) is 2.31. The van der Waals surface area contributed by atoms with Gasteiger partial charge in [-0.15, -0.1) is 0 Å². The number of nitrogens with zero attached hydrogens (tertiary/aromatic N) is 2. The van der Waals surface area contributed by atoms with Gasteiger partial charge in [-0.2, -0.15) is 5.26 Å². The first kappa shape index (κ1) is 20.5. The summed E-state index contributed by atoms with van der Waals surface area (Å²) in [5, 5.41) is 14.6. The standard InChI is InChI=1S/C19H25FN4O3/c1-12(22-18(26)27-19(2,3)4)17(25)23-15-7-8-24(11-15)16-6-5-14(20)9-13(16)10-21/h5-6,9,12,15H,7-8,11H2,1-4H3,(H,22,26)(H,23,25). The summed E-state index contributed by atoms with van der Waals surface area (Å²) in [6, 6.07) is 5.22. The molecular formula is C19H25FN4O3. The Morgan fingerprint density at radius 2 is 2.11 bits per heavy atom. The molecule has 1 aromatic rings. The van der Waals surface area contributed by atoms with E-state index in [1.54, 1.807) is 33.8 Å². The minimum atomic E-state index is -0.741. The molecule has 146 valence electrons. The van der Waals surface area contributed by atoms with Crippen molar-refractivity contribution in [3.8, 4) is 6.07 Å². The number of ether oxygens (including phenoxy) is 1. The Morgan fingerprint density at radius 3 is 2.74 bits per heavy atom. The first-order chi connectivity index (χ1) is 12.6. The molecule has 2 amide bonds. The van der Waals surface area contributed by atoms with E-state index < -0.39 is 23.6 Å². The SMILES string of the molecule is CC(NC(=O)OC(C)(C)C)C(=O)NC1CCN(c2ccc(F)cc2C#N)C1. The quantitative estimate of drug-likeness (QED) is 0.841. The van der Waals surface area contributed by atoms with Gasteiger partial charge in [0.25, 0.3) is 0 Å². The van der Waals surface area contributed by atoms with Gasteiger partial charge < -0.3 is 20.3 Å². The lowest BCUT2D eigenvalue weighted by Crippen LogP contribution is -2.49. The zero-order chi connectivity index (χ0) is 20.2. The lowest BCUT2D eigenvalue weighted by molar-refractivity contribution is -0.123. The maximum Gasteiger partial charge on any atom is 0.408 e. The van der Waals surface area contributed by atoms with Crippen molar-refractivity contribution in [1.82, 2.24) is 10.6 Å². The van der Waals surface area contributed by atoms with Gasteiger partial charge in [0.1, 0.15) is 23.5 Å². The fourth-order valence-electron chi connectivity index (χ4n) is 2.85. The van der Waals surface area contributed by atoms with E-state index in [0.717, 1.165) is 0 Å². The Balaban J connectivity index is 1.90. The second-order valence-electron chi connectivity index (χ2n) is 7.58. The summed E-state index contributed by atoms with van der Waals surface area (Å²) in [5.41, 5.74) is 0.275. The second-order valence-corrected chi connectivity index (χ2v) is 7.58. The van der Waals surface area contributed by atoms with Crippen molar-refractivity contribution >= 4 is 17.7 Å². The third-order valence-electron chi connectivity index (χ3n) is 4.08. The molecule has 0 aromatic heterocycles.